The van der Waals surface area contributed by atoms with Crippen LogP contribution in [0.15, 0.2) is 56.1 Å². The third kappa shape index (κ3) is 3.97. The maximum Gasteiger partial charge on any atom is 0.283 e. The molecule has 0 aliphatic rings. The van der Waals surface area contributed by atoms with Gasteiger partial charge in [-0.1, -0.05) is 18.2 Å². The molecule has 0 radical (unpaired) electrons. The maximum atomic E-state index is 11.9. The fourth-order valence-electron chi connectivity index (χ4n) is 1.46. The van der Waals surface area contributed by atoms with Crippen LogP contribution >= 0.6 is 11.3 Å². The molecule has 0 fully saturated rings. The van der Waals surface area contributed by atoms with Crippen molar-refractivity contribution >= 4 is 33.5 Å². The van der Waals surface area contributed by atoms with E-state index in [1.807, 2.05) is 11.4 Å². The molecule has 21 heavy (non-hydrogen) atoms. The molecular weight excluding hydrogens is 310 g/mol. The molecule has 0 unspecified atom stereocenters. The predicted molar refractivity (Wildman–Crippen MR) is 83.1 cm³/mol. The molecule has 0 atom stereocenters. The van der Waals surface area contributed by atoms with Crippen LogP contribution in [0, 0.1) is 0 Å². The highest BCUT2D eigenvalue weighted by Crippen LogP contribution is 2.13. The third-order valence-electron chi connectivity index (χ3n) is 2.56. The van der Waals surface area contributed by atoms with Crippen LogP contribution < -0.4 is 5.73 Å². The molecule has 110 valence electrons. The van der Waals surface area contributed by atoms with E-state index >= 15 is 0 Å². The Labute approximate surface area is 126 Å². The Morgan fingerprint density at radius 2 is 2.00 bits per heavy atom. The molecule has 6 nitrogen and oxygen atoms in total. The van der Waals surface area contributed by atoms with Crippen LogP contribution in [-0.4, -0.2) is 25.7 Å². The molecule has 0 aliphatic heterocycles. The molecule has 0 amide bonds. The van der Waals surface area contributed by atoms with Crippen LogP contribution in [0.5, 0.6) is 0 Å². The lowest BCUT2D eigenvalue weighted by molar-refractivity contribution is 0.282. The molecule has 2 aromatic rings. The molecular formula is C13H13N3O3S2. The summed E-state index contributed by atoms with van der Waals surface area (Å²) in [7, 11) is -3.82. The average molecular weight is 323 g/mol. The molecule has 0 saturated heterocycles. The van der Waals surface area contributed by atoms with Gasteiger partial charge < -0.3 is 10.8 Å². The Bertz CT molecular complexity index is 748. The fraction of sp³-hybridized carbons (Fsp3) is 0.0769. The zero-order valence-corrected chi connectivity index (χ0v) is 12.5. The fourth-order valence-corrected chi connectivity index (χ4v) is 2.87. The summed E-state index contributed by atoms with van der Waals surface area (Å²) in [6.07, 6.45) is 0.921. The molecule has 1 aromatic heterocycles. The first-order valence-electron chi connectivity index (χ1n) is 5.89. The van der Waals surface area contributed by atoms with Crippen molar-refractivity contribution in [3.63, 3.8) is 0 Å². The quantitative estimate of drug-likeness (QED) is 0.640. The van der Waals surface area contributed by atoms with Gasteiger partial charge in [-0.3, -0.25) is 0 Å². The van der Waals surface area contributed by atoms with Crippen LogP contribution in [0.25, 0.3) is 0 Å². The summed E-state index contributed by atoms with van der Waals surface area (Å²) in [5.74, 6) is 0.208. The number of thiophene rings is 1. The number of aliphatic hydroxyl groups excluding tert-OH is 1. The highest BCUT2D eigenvalue weighted by Gasteiger charge is 2.11. The first-order chi connectivity index (χ1) is 10.0. The molecule has 0 spiro atoms. The van der Waals surface area contributed by atoms with Gasteiger partial charge in [0.15, 0.2) is 0 Å². The summed E-state index contributed by atoms with van der Waals surface area (Å²) in [6.45, 7) is -0.148. The van der Waals surface area contributed by atoms with Crippen LogP contribution in [0.1, 0.15) is 10.4 Å². The first kappa shape index (κ1) is 15.4. The van der Waals surface area contributed by atoms with E-state index < -0.39 is 10.0 Å². The highest BCUT2D eigenvalue weighted by atomic mass is 32.2. The van der Waals surface area contributed by atoms with Crippen molar-refractivity contribution in [1.29, 1.82) is 0 Å². The number of nitrogens with two attached hydrogens (primary N) is 1. The number of nitrogens with zero attached hydrogens (tertiary/aromatic N) is 2. The molecule has 0 saturated carbocycles. The first-order valence-corrected chi connectivity index (χ1v) is 8.20. The monoisotopic (exact) mass is 323 g/mol. The second kappa shape index (κ2) is 6.61. The number of amidine groups is 1. The van der Waals surface area contributed by atoms with Gasteiger partial charge in [0.1, 0.15) is 12.2 Å². The molecule has 8 heteroatoms. The average Bonchev–Trinajstić information content (AvgIpc) is 3.01. The molecule has 1 aromatic carbocycles. The number of aliphatic imine (C=N–C) groups is 1. The SMILES string of the molecule is NC(=N/C=N/S(=O)(=O)c1ccc(CO)cc1)c1cccs1. The molecule has 3 N–H and O–H groups in total. The van der Waals surface area contributed by atoms with E-state index in [9.17, 15) is 8.42 Å². The number of hydrogen-bond donors (Lipinski definition) is 2. The largest absolute Gasteiger partial charge is 0.392 e. The van der Waals surface area contributed by atoms with E-state index in [-0.39, 0.29) is 17.3 Å². The van der Waals surface area contributed by atoms with E-state index in [0.29, 0.717) is 5.56 Å². The van der Waals surface area contributed by atoms with Crippen molar-refractivity contribution < 1.29 is 13.5 Å². The Morgan fingerprint density at radius 1 is 1.29 bits per heavy atom. The normalized spacial score (nSPS) is 12.9. The van der Waals surface area contributed by atoms with E-state index in [0.717, 1.165) is 11.2 Å². The smallest absolute Gasteiger partial charge is 0.283 e. The Morgan fingerprint density at radius 3 is 2.57 bits per heavy atom. The Kier molecular flexibility index (Phi) is 4.84. The maximum absolute atomic E-state index is 11.9. The lowest BCUT2D eigenvalue weighted by Gasteiger charge is -1.99. The standard InChI is InChI=1S/C13H13N3O3S2/c14-13(12-2-1-7-20-12)15-9-16-21(18,19)11-5-3-10(8-17)4-6-11/h1-7,9,17H,8H2,(H2,14,15,16). The predicted octanol–water partition coefficient (Wildman–Crippen LogP) is 1.36. The Hall–Kier alpha value is -2.03. The van der Waals surface area contributed by atoms with Gasteiger partial charge in [-0.2, -0.15) is 8.42 Å². The van der Waals surface area contributed by atoms with Crippen molar-refractivity contribution in [2.45, 2.75) is 11.5 Å². The lowest BCUT2D eigenvalue weighted by atomic mass is 10.2. The van der Waals surface area contributed by atoms with Crippen LogP contribution in [0.3, 0.4) is 0 Å². The second-order valence-corrected chi connectivity index (χ2v) is 6.57. The Balaban J connectivity index is 2.16. The number of aliphatic hydroxyl groups is 1. The molecule has 2 rings (SSSR count). The summed E-state index contributed by atoms with van der Waals surface area (Å²) in [5, 5.41) is 10.8. The van der Waals surface area contributed by atoms with Crippen molar-refractivity contribution in [3.05, 3.63) is 52.2 Å². The lowest BCUT2D eigenvalue weighted by Crippen LogP contribution is -2.11. The minimum absolute atomic E-state index is 0.0286. The summed E-state index contributed by atoms with van der Waals surface area (Å²) in [5.41, 5.74) is 6.31. The van der Waals surface area contributed by atoms with Gasteiger partial charge in [-0.25, -0.2) is 4.99 Å². The summed E-state index contributed by atoms with van der Waals surface area (Å²) < 4.78 is 27.3. The topological polar surface area (TPSA) is 105 Å². The zero-order chi connectivity index (χ0) is 15.3. The van der Waals surface area contributed by atoms with E-state index in [4.69, 9.17) is 10.8 Å². The van der Waals surface area contributed by atoms with Crippen molar-refractivity contribution in [1.82, 2.24) is 0 Å². The minimum Gasteiger partial charge on any atom is -0.392 e. The van der Waals surface area contributed by atoms with Gasteiger partial charge in [0.05, 0.1) is 16.4 Å². The van der Waals surface area contributed by atoms with Gasteiger partial charge in [0, 0.05) is 0 Å². The van der Waals surface area contributed by atoms with E-state index in [1.165, 1.54) is 35.6 Å². The van der Waals surface area contributed by atoms with Gasteiger partial charge in [0.25, 0.3) is 10.0 Å². The van der Waals surface area contributed by atoms with Gasteiger partial charge in [0.2, 0.25) is 0 Å². The number of benzene rings is 1. The van der Waals surface area contributed by atoms with Crippen LogP contribution in [0.4, 0.5) is 0 Å². The number of rotatable bonds is 5. The van der Waals surface area contributed by atoms with Crippen LogP contribution in [-0.2, 0) is 16.6 Å². The molecule has 0 aliphatic carbocycles. The number of hydrogen-bond acceptors (Lipinski definition) is 4. The second-order valence-electron chi connectivity index (χ2n) is 3.99. The van der Waals surface area contributed by atoms with E-state index in [2.05, 4.69) is 9.39 Å². The summed E-state index contributed by atoms with van der Waals surface area (Å²) in [4.78, 5) is 4.58. The van der Waals surface area contributed by atoms with Crippen molar-refractivity contribution in [2.24, 2.45) is 15.1 Å². The zero-order valence-electron chi connectivity index (χ0n) is 10.9. The van der Waals surface area contributed by atoms with Gasteiger partial charge in [-0.05, 0) is 29.1 Å². The van der Waals surface area contributed by atoms with E-state index in [1.54, 1.807) is 6.07 Å². The minimum atomic E-state index is -3.82. The van der Waals surface area contributed by atoms with Gasteiger partial charge >= 0.3 is 0 Å². The van der Waals surface area contributed by atoms with Crippen molar-refractivity contribution in [3.8, 4) is 0 Å². The number of sulfonamides is 1. The highest BCUT2D eigenvalue weighted by molar-refractivity contribution is 7.90. The van der Waals surface area contributed by atoms with Crippen molar-refractivity contribution in [2.75, 3.05) is 0 Å². The van der Waals surface area contributed by atoms with Gasteiger partial charge in [-0.15, -0.1) is 15.7 Å². The van der Waals surface area contributed by atoms with Crippen LogP contribution in [0.2, 0.25) is 0 Å². The third-order valence-corrected chi connectivity index (χ3v) is 4.69. The molecule has 0 bridgehead atoms. The summed E-state index contributed by atoms with van der Waals surface area (Å²) >= 11 is 1.40. The molecule has 1 heterocycles. The summed E-state index contributed by atoms with van der Waals surface area (Å²) in [6, 6.07) is 9.39.